The monoisotopic (exact) mass is 182 g/mol. The SMILES string of the molecule is CC=CC(C)N1CCCC1CNC. The summed E-state index contributed by atoms with van der Waals surface area (Å²) in [6.07, 6.45) is 7.14. The Morgan fingerprint density at radius 1 is 1.62 bits per heavy atom. The number of likely N-dealkylation sites (N-methyl/N-ethyl adjacent to an activating group) is 1. The van der Waals surface area contributed by atoms with Crippen LogP contribution in [0.25, 0.3) is 0 Å². The van der Waals surface area contributed by atoms with Crippen molar-refractivity contribution < 1.29 is 0 Å². The van der Waals surface area contributed by atoms with E-state index in [1.165, 1.54) is 19.4 Å². The van der Waals surface area contributed by atoms with Crippen LogP contribution in [0.4, 0.5) is 0 Å². The summed E-state index contributed by atoms with van der Waals surface area (Å²) in [6.45, 7) is 6.77. The zero-order valence-corrected chi connectivity index (χ0v) is 9.09. The Balaban J connectivity index is 2.46. The van der Waals surface area contributed by atoms with E-state index in [1.54, 1.807) is 0 Å². The minimum Gasteiger partial charge on any atom is -0.318 e. The summed E-state index contributed by atoms with van der Waals surface area (Å²) < 4.78 is 0. The molecule has 2 nitrogen and oxygen atoms in total. The van der Waals surface area contributed by atoms with Crippen molar-refractivity contribution in [1.29, 1.82) is 0 Å². The number of likely N-dealkylation sites (tertiary alicyclic amines) is 1. The molecule has 1 aliphatic heterocycles. The van der Waals surface area contributed by atoms with E-state index in [9.17, 15) is 0 Å². The van der Waals surface area contributed by atoms with Crippen molar-refractivity contribution in [2.24, 2.45) is 0 Å². The van der Waals surface area contributed by atoms with Crippen LogP contribution < -0.4 is 5.32 Å². The molecule has 0 bridgehead atoms. The number of nitrogens with zero attached hydrogens (tertiary/aromatic N) is 1. The van der Waals surface area contributed by atoms with E-state index >= 15 is 0 Å². The van der Waals surface area contributed by atoms with Crippen molar-refractivity contribution in [2.75, 3.05) is 20.1 Å². The highest BCUT2D eigenvalue weighted by atomic mass is 15.2. The quantitative estimate of drug-likeness (QED) is 0.665. The summed E-state index contributed by atoms with van der Waals surface area (Å²) in [5.41, 5.74) is 0. The average Bonchev–Trinajstić information content (AvgIpc) is 2.54. The van der Waals surface area contributed by atoms with Crippen LogP contribution in [0.2, 0.25) is 0 Å². The maximum Gasteiger partial charge on any atom is 0.0253 e. The molecule has 1 heterocycles. The molecule has 2 unspecified atom stereocenters. The van der Waals surface area contributed by atoms with Crippen LogP contribution in [0.3, 0.4) is 0 Å². The summed E-state index contributed by atoms with van der Waals surface area (Å²) in [6, 6.07) is 1.35. The summed E-state index contributed by atoms with van der Waals surface area (Å²) in [5, 5.41) is 3.27. The van der Waals surface area contributed by atoms with Crippen LogP contribution in [0.15, 0.2) is 12.2 Å². The summed E-state index contributed by atoms with van der Waals surface area (Å²) in [5.74, 6) is 0. The third-order valence-electron chi connectivity index (χ3n) is 2.86. The molecule has 1 fully saturated rings. The molecule has 1 aliphatic rings. The summed E-state index contributed by atoms with van der Waals surface area (Å²) in [4.78, 5) is 2.59. The largest absolute Gasteiger partial charge is 0.318 e. The van der Waals surface area contributed by atoms with Gasteiger partial charge in [-0.1, -0.05) is 12.2 Å². The minimum absolute atomic E-state index is 0.603. The molecule has 1 N–H and O–H groups in total. The maximum atomic E-state index is 3.27. The van der Waals surface area contributed by atoms with E-state index in [-0.39, 0.29) is 0 Å². The molecule has 1 saturated heterocycles. The lowest BCUT2D eigenvalue weighted by Crippen LogP contribution is -2.41. The van der Waals surface area contributed by atoms with Crippen LogP contribution in [0.5, 0.6) is 0 Å². The molecule has 0 saturated carbocycles. The topological polar surface area (TPSA) is 15.3 Å². The van der Waals surface area contributed by atoms with Gasteiger partial charge in [0.05, 0.1) is 0 Å². The molecular weight excluding hydrogens is 160 g/mol. The first-order valence-corrected chi connectivity index (χ1v) is 5.32. The Labute approximate surface area is 82.0 Å². The van der Waals surface area contributed by atoms with Gasteiger partial charge in [0.2, 0.25) is 0 Å². The molecule has 0 amide bonds. The Hall–Kier alpha value is -0.340. The lowest BCUT2D eigenvalue weighted by atomic mass is 10.2. The van der Waals surface area contributed by atoms with Gasteiger partial charge in [0.25, 0.3) is 0 Å². The van der Waals surface area contributed by atoms with Crippen LogP contribution >= 0.6 is 0 Å². The zero-order chi connectivity index (χ0) is 9.68. The van der Waals surface area contributed by atoms with E-state index < -0.39 is 0 Å². The predicted molar refractivity (Wildman–Crippen MR) is 57.9 cm³/mol. The van der Waals surface area contributed by atoms with Gasteiger partial charge in [-0.25, -0.2) is 0 Å². The van der Waals surface area contributed by atoms with Crippen molar-refractivity contribution in [3.05, 3.63) is 12.2 Å². The van der Waals surface area contributed by atoms with Crippen LogP contribution in [-0.2, 0) is 0 Å². The van der Waals surface area contributed by atoms with Gasteiger partial charge < -0.3 is 5.32 Å². The first kappa shape index (κ1) is 10.7. The van der Waals surface area contributed by atoms with E-state index in [2.05, 4.69) is 36.2 Å². The lowest BCUT2D eigenvalue weighted by Gasteiger charge is -2.28. The molecule has 0 radical (unpaired) electrons. The molecule has 2 atom stereocenters. The third-order valence-corrected chi connectivity index (χ3v) is 2.86. The maximum absolute atomic E-state index is 3.27. The number of allylic oxidation sites excluding steroid dienone is 1. The van der Waals surface area contributed by atoms with Crippen LogP contribution in [0.1, 0.15) is 26.7 Å². The minimum atomic E-state index is 0.603. The Morgan fingerprint density at radius 2 is 2.38 bits per heavy atom. The Bertz CT molecular complexity index is 165. The lowest BCUT2D eigenvalue weighted by molar-refractivity contribution is 0.220. The smallest absolute Gasteiger partial charge is 0.0253 e. The molecule has 76 valence electrons. The molecule has 1 rings (SSSR count). The number of hydrogen-bond acceptors (Lipinski definition) is 2. The van der Waals surface area contributed by atoms with Crippen LogP contribution in [0, 0.1) is 0 Å². The van der Waals surface area contributed by atoms with Gasteiger partial charge in [0.15, 0.2) is 0 Å². The Morgan fingerprint density at radius 3 is 3.00 bits per heavy atom. The molecule has 0 aromatic heterocycles. The van der Waals surface area contributed by atoms with E-state index in [0.717, 1.165) is 12.6 Å². The van der Waals surface area contributed by atoms with Gasteiger partial charge in [0, 0.05) is 18.6 Å². The van der Waals surface area contributed by atoms with Crippen LogP contribution in [-0.4, -0.2) is 37.1 Å². The van der Waals surface area contributed by atoms with E-state index in [1.807, 2.05) is 7.05 Å². The fourth-order valence-corrected chi connectivity index (χ4v) is 2.24. The highest BCUT2D eigenvalue weighted by Crippen LogP contribution is 2.19. The van der Waals surface area contributed by atoms with Crippen molar-refractivity contribution >= 4 is 0 Å². The third kappa shape index (κ3) is 2.82. The number of hydrogen-bond donors (Lipinski definition) is 1. The highest BCUT2D eigenvalue weighted by Gasteiger charge is 2.26. The fourth-order valence-electron chi connectivity index (χ4n) is 2.24. The molecule has 0 aliphatic carbocycles. The van der Waals surface area contributed by atoms with Crippen molar-refractivity contribution in [3.8, 4) is 0 Å². The van der Waals surface area contributed by atoms with Crippen molar-refractivity contribution in [2.45, 2.75) is 38.8 Å². The average molecular weight is 182 g/mol. The first-order chi connectivity index (χ1) is 6.29. The fraction of sp³-hybridized carbons (Fsp3) is 0.818. The second kappa shape index (κ2) is 5.40. The second-order valence-electron chi connectivity index (χ2n) is 3.86. The van der Waals surface area contributed by atoms with E-state index in [0.29, 0.717) is 6.04 Å². The highest BCUT2D eigenvalue weighted by molar-refractivity contribution is 4.94. The molecular formula is C11H22N2. The first-order valence-electron chi connectivity index (χ1n) is 5.32. The Kier molecular flexibility index (Phi) is 4.46. The van der Waals surface area contributed by atoms with Gasteiger partial charge in [-0.2, -0.15) is 0 Å². The molecule has 0 aromatic rings. The zero-order valence-electron chi connectivity index (χ0n) is 9.09. The summed E-state index contributed by atoms with van der Waals surface area (Å²) in [7, 11) is 2.04. The standard InChI is InChI=1S/C11H22N2/c1-4-6-10(2)13-8-5-7-11(13)9-12-3/h4,6,10-12H,5,7-9H2,1-3H3. The molecule has 2 heteroatoms. The summed E-state index contributed by atoms with van der Waals surface area (Å²) >= 11 is 0. The van der Waals surface area contributed by atoms with Gasteiger partial charge in [0.1, 0.15) is 0 Å². The second-order valence-corrected chi connectivity index (χ2v) is 3.86. The van der Waals surface area contributed by atoms with Gasteiger partial charge in [-0.05, 0) is 40.3 Å². The van der Waals surface area contributed by atoms with Crippen molar-refractivity contribution in [3.63, 3.8) is 0 Å². The van der Waals surface area contributed by atoms with Gasteiger partial charge >= 0.3 is 0 Å². The van der Waals surface area contributed by atoms with Crippen molar-refractivity contribution in [1.82, 2.24) is 10.2 Å². The van der Waals surface area contributed by atoms with Gasteiger partial charge in [-0.3, -0.25) is 4.90 Å². The molecule has 13 heavy (non-hydrogen) atoms. The molecule has 0 spiro atoms. The van der Waals surface area contributed by atoms with Gasteiger partial charge in [-0.15, -0.1) is 0 Å². The predicted octanol–water partition coefficient (Wildman–Crippen LogP) is 1.63. The number of nitrogens with one attached hydrogen (secondary N) is 1. The number of rotatable bonds is 4. The normalized spacial score (nSPS) is 27.2. The molecule has 0 aromatic carbocycles. The van der Waals surface area contributed by atoms with E-state index in [4.69, 9.17) is 0 Å².